The van der Waals surface area contributed by atoms with Gasteiger partial charge in [-0.1, -0.05) is 41.9 Å². The minimum atomic E-state index is -0.527. The van der Waals surface area contributed by atoms with Gasteiger partial charge in [0.15, 0.2) is 0 Å². The molecule has 1 N–H and O–H groups in total. The molecule has 1 aliphatic heterocycles. The van der Waals surface area contributed by atoms with Crippen molar-refractivity contribution >= 4 is 23.2 Å². The number of nitrogens with zero attached hydrogens (tertiary/aromatic N) is 2. The van der Waals surface area contributed by atoms with Crippen LogP contribution in [0.3, 0.4) is 0 Å². The van der Waals surface area contributed by atoms with E-state index in [0.29, 0.717) is 10.7 Å². The Hall–Kier alpha value is -2.79. The number of halogens is 1. The van der Waals surface area contributed by atoms with Crippen LogP contribution in [0.1, 0.15) is 17.2 Å². The van der Waals surface area contributed by atoms with Crippen molar-refractivity contribution in [2.45, 2.75) is 5.92 Å². The molecule has 1 unspecified atom stereocenters. The molecule has 0 spiro atoms. The number of benzene rings is 2. The molecule has 1 aliphatic rings. The molecule has 0 bridgehead atoms. The van der Waals surface area contributed by atoms with Crippen LogP contribution in [0.5, 0.6) is 0 Å². The van der Waals surface area contributed by atoms with Crippen LogP contribution >= 0.6 is 11.6 Å². The van der Waals surface area contributed by atoms with Crippen molar-refractivity contribution in [3.63, 3.8) is 0 Å². The number of hydrogen-bond acceptors (Lipinski definition) is 2. The topological polar surface area (TPSA) is 56.0 Å². The summed E-state index contributed by atoms with van der Waals surface area (Å²) >= 11 is 5.99. The Balaban J connectivity index is 2.00. The summed E-state index contributed by atoms with van der Waals surface area (Å²) in [5.74, 6) is -0.654. The highest BCUT2D eigenvalue weighted by molar-refractivity contribution is 6.30. The number of anilines is 1. The predicted octanol–water partition coefficient (Wildman–Crippen LogP) is 3.13. The van der Waals surface area contributed by atoms with Gasteiger partial charge in [-0.3, -0.25) is 13.9 Å². The van der Waals surface area contributed by atoms with E-state index in [0.717, 1.165) is 22.5 Å². The van der Waals surface area contributed by atoms with Crippen molar-refractivity contribution in [1.29, 1.82) is 0 Å². The number of imidazole rings is 1. The van der Waals surface area contributed by atoms with Crippen LogP contribution < -0.4 is 11.0 Å². The summed E-state index contributed by atoms with van der Waals surface area (Å²) in [6.07, 6.45) is 0. The molecule has 0 radical (unpaired) electrons. The molecule has 25 heavy (non-hydrogen) atoms. The number of amides is 1. The molecule has 0 saturated heterocycles. The Kier molecular flexibility index (Phi) is 3.54. The molecule has 1 aromatic heterocycles. The van der Waals surface area contributed by atoms with Crippen LogP contribution in [-0.4, -0.2) is 15.0 Å². The monoisotopic (exact) mass is 353 g/mol. The van der Waals surface area contributed by atoms with Gasteiger partial charge in [-0.2, -0.15) is 0 Å². The third-order valence-electron chi connectivity index (χ3n) is 4.70. The summed E-state index contributed by atoms with van der Waals surface area (Å²) in [5, 5.41) is 3.53. The lowest BCUT2D eigenvalue weighted by Gasteiger charge is -2.13. The summed E-state index contributed by atoms with van der Waals surface area (Å²) in [7, 11) is 3.42. The fraction of sp³-hybridized carbons (Fsp3) is 0.158. The SMILES string of the molecule is Cn1c(-c2ccc(Cl)cc2)c(C2C(=O)Nc3ccccc32)n(C)c1=O. The van der Waals surface area contributed by atoms with Crippen LogP contribution in [-0.2, 0) is 18.9 Å². The molecule has 3 aromatic rings. The first kappa shape index (κ1) is 15.7. The van der Waals surface area contributed by atoms with Crippen molar-refractivity contribution in [3.05, 3.63) is 75.3 Å². The zero-order chi connectivity index (χ0) is 17.7. The first-order valence-corrected chi connectivity index (χ1v) is 8.28. The van der Waals surface area contributed by atoms with Crippen LogP contribution in [0.25, 0.3) is 11.3 Å². The molecule has 0 fully saturated rings. The summed E-state index contributed by atoms with van der Waals surface area (Å²) in [5.41, 5.74) is 3.74. The Morgan fingerprint density at radius 1 is 0.960 bits per heavy atom. The Labute approximate surface area is 149 Å². The Bertz CT molecular complexity index is 1050. The van der Waals surface area contributed by atoms with Crippen molar-refractivity contribution in [2.75, 3.05) is 5.32 Å². The van der Waals surface area contributed by atoms with Gasteiger partial charge in [0.25, 0.3) is 0 Å². The zero-order valence-electron chi connectivity index (χ0n) is 13.8. The van der Waals surface area contributed by atoms with Gasteiger partial charge in [-0.25, -0.2) is 4.79 Å². The van der Waals surface area contributed by atoms with E-state index in [-0.39, 0.29) is 11.6 Å². The van der Waals surface area contributed by atoms with E-state index >= 15 is 0 Å². The molecule has 1 amide bonds. The molecule has 6 heteroatoms. The average molecular weight is 354 g/mol. The van der Waals surface area contributed by atoms with Crippen molar-refractivity contribution < 1.29 is 4.79 Å². The summed E-state index contributed by atoms with van der Waals surface area (Å²) in [6.45, 7) is 0. The maximum atomic E-state index is 12.7. The first-order chi connectivity index (χ1) is 12.0. The molecule has 2 aromatic carbocycles. The van der Waals surface area contributed by atoms with Crippen LogP contribution in [0.4, 0.5) is 5.69 Å². The molecule has 2 heterocycles. The highest BCUT2D eigenvalue weighted by Gasteiger charge is 2.37. The second-order valence-electron chi connectivity index (χ2n) is 6.15. The normalized spacial score (nSPS) is 16.0. The van der Waals surface area contributed by atoms with E-state index in [2.05, 4.69) is 5.32 Å². The van der Waals surface area contributed by atoms with Gasteiger partial charge in [-0.15, -0.1) is 0 Å². The minimum absolute atomic E-state index is 0.127. The average Bonchev–Trinajstić information content (AvgIpc) is 3.04. The van der Waals surface area contributed by atoms with E-state index in [1.165, 1.54) is 0 Å². The number of para-hydroxylation sites is 1. The van der Waals surface area contributed by atoms with Gasteiger partial charge in [-0.05, 0) is 23.8 Å². The minimum Gasteiger partial charge on any atom is -0.325 e. The molecule has 126 valence electrons. The van der Waals surface area contributed by atoms with Crippen LogP contribution in [0.15, 0.2) is 53.3 Å². The van der Waals surface area contributed by atoms with Gasteiger partial charge in [0.2, 0.25) is 5.91 Å². The number of fused-ring (bicyclic) bond motifs is 1. The van der Waals surface area contributed by atoms with Crippen molar-refractivity contribution in [3.8, 4) is 11.3 Å². The number of hydrogen-bond donors (Lipinski definition) is 1. The number of carbonyl (C=O) groups is 1. The Morgan fingerprint density at radius 3 is 2.36 bits per heavy atom. The maximum absolute atomic E-state index is 12.7. The highest BCUT2D eigenvalue weighted by Crippen LogP contribution is 2.40. The number of carbonyl (C=O) groups excluding carboxylic acids is 1. The van der Waals surface area contributed by atoms with E-state index in [1.807, 2.05) is 36.4 Å². The third-order valence-corrected chi connectivity index (χ3v) is 4.95. The molecule has 5 nitrogen and oxygen atoms in total. The molecule has 1 atom stereocenters. The third kappa shape index (κ3) is 2.31. The largest absolute Gasteiger partial charge is 0.328 e. The van der Waals surface area contributed by atoms with E-state index in [1.54, 1.807) is 35.4 Å². The van der Waals surface area contributed by atoms with E-state index < -0.39 is 5.92 Å². The molecular formula is C19H16ClN3O2. The van der Waals surface area contributed by atoms with Gasteiger partial charge in [0.1, 0.15) is 5.92 Å². The fourth-order valence-corrected chi connectivity index (χ4v) is 3.64. The number of nitrogens with one attached hydrogen (secondary N) is 1. The second kappa shape index (κ2) is 5.63. The van der Waals surface area contributed by atoms with E-state index in [4.69, 9.17) is 11.6 Å². The van der Waals surface area contributed by atoms with Crippen molar-refractivity contribution in [2.24, 2.45) is 14.1 Å². The lowest BCUT2D eigenvalue weighted by Crippen LogP contribution is -2.22. The van der Waals surface area contributed by atoms with Gasteiger partial charge >= 0.3 is 5.69 Å². The molecular weight excluding hydrogens is 338 g/mol. The highest BCUT2D eigenvalue weighted by atomic mass is 35.5. The Morgan fingerprint density at radius 2 is 1.64 bits per heavy atom. The first-order valence-electron chi connectivity index (χ1n) is 7.90. The van der Waals surface area contributed by atoms with Gasteiger partial charge < -0.3 is 5.32 Å². The quantitative estimate of drug-likeness (QED) is 0.769. The number of rotatable bonds is 2. The smallest absolute Gasteiger partial charge is 0.325 e. The standard InChI is InChI=1S/C19H16ClN3O2/c1-22-16(11-7-9-12(20)10-8-11)17(23(2)19(22)25)15-13-5-3-4-6-14(13)21-18(15)24/h3-10,15H,1-2H3,(H,21,24). The van der Waals surface area contributed by atoms with Crippen LogP contribution in [0.2, 0.25) is 5.02 Å². The maximum Gasteiger partial charge on any atom is 0.328 e. The molecule has 0 aliphatic carbocycles. The van der Waals surface area contributed by atoms with Gasteiger partial charge in [0, 0.05) is 30.4 Å². The summed E-state index contributed by atoms with van der Waals surface area (Å²) < 4.78 is 3.13. The zero-order valence-corrected chi connectivity index (χ0v) is 14.5. The predicted molar refractivity (Wildman–Crippen MR) is 98.0 cm³/mol. The second-order valence-corrected chi connectivity index (χ2v) is 6.59. The molecule has 0 saturated carbocycles. The lowest BCUT2D eigenvalue weighted by molar-refractivity contribution is -0.116. The summed E-state index contributed by atoms with van der Waals surface area (Å²) in [6, 6.07) is 14.8. The molecule has 4 rings (SSSR count). The number of aromatic nitrogens is 2. The summed E-state index contributed by atoms with van der Waals surface area (Å²) in [4.78, 5) is 25.3. The van der Waals surface area contributed by atoms with Gasteiger partial charge in [0.05, 0.1) is 11.4 Å². The fourth-order valence-electron chi connectivity index (χ4n) is 3.51. The van der Waals surface area contributed by atoms with Crippen molar-refractivity contribution in [1.82, 2.24) is 9.13 Å². The van der Waals surface area contributed by atoms with Crippen LogP contribution in [0, 0.1) is 0 Å². The lowest BCUT2D eigenvalue weighted by atomic mass is 9.93. The van der Waals surface area contributed by atoms with E-state index in [9.17, 15) is 9.59 Å².